The van der Waals surface area contributed by atoms with Gasteiger partial charge in [-0.1, -0.05) is 30.3 Å². The number of aromatic amines is 1. The van der Waals surface area contributed by atoms with Gasteiger partial charge in [-0.05, 0) is 43.4 Å². The van der Waals surface area contributed by atoms with E-state index in [-0.39, 0.29) is 18.6 Å². The van der Waals surface area contributed by atoms with Gasteiger partial charge in [-0.2, -0.15) is 0 Å². The zero-order chi connectivity index (χ0) is 15.5. The van der Waals surface area contributed by atoms with E-state index in [2.05, 4.69) is 11.9 Å². The molecule has 0 unspecified atom stereocenters. The van der Waals surface area contributed by atoms with Crippen LogP contribution in [0.5, 0.6) is 0 Å². The highest BCUT2D eigenvalue weighted by atomic mass is 16.3. The van der Waals surface area contributed by atoms with Crippen LogP contribution in [0.1, 0.15) is 30.3 Å². The molecule has 3 rings (SSSR count). The maximum absolute atomic E-state index is 12.7. The maximum atomic E-state index is 12.7. The first-order valence-corrected chi connectivity index (χ1v) is 7.85. The summed E-state index contributed by atoms with van der Waals surface area (Å²) in [4.78, 5) is 17.8. The second kappa shape index (κ2) is 6.36. The topological polar surface area (TPSA) is 56.3 Å². The summed E-state index contributed by atoms with van der Waals surface area (Å²) in [7, 11) is 0. The summed E-state index contributed by atoms with van der Waals surface area (Å²) in [6, 6.07) is 14.0. The highest BCUT2D eigenvalue weighted by molar-refractivity contribution is 5.93. The van der Waals surface area contributed by atoms with Crippen LogP contribution in [0.3, 0.4) is 0 Å². The van der Waals surface area contributed by atoms with Crippen molar-refractivity contribution in [3.63, 3.8) is 0 Å². The third-order valence-corrected chi connectivity index (χ3v) is 4.51. The Hall–Kier alpha value is -2.07. The lowest BCUT2D eigenvalue weighted by Gasteiger charge is -2.36. The van der Waals surface area contributed by atoms with Crippen LogP contribution >= 0.6 is 0 Å². The number of carbonyl (C=O) groups is 1. The number of likely N-dealkylation sites (tertiary alicyclic amines) is 1. The first-order valence-electron chi connectivity index (χ1n) is 7.85. The Balaban J connectivity index is 1.75. The van der Waals surface area contributed by atoms with E-state index in [0.29, 0.717) is 18.2 Å². The van der Waals surface area contributed by atoms with E-state index in [9.17, 15) is 9.90 Å². The number of aromatic nitrogens is 1. The van der Waals surface area contributed by atoms with E-state index in [1.165, 1.54) is 0 Å². The standard InChI is InChI=1S/C18H22N2O2/c1-13-11-14(12-21)9-10-20(13)18(22)17-8-7-16(19-17)15-5-3-2-4-6-15/h2-8,13-14,19,21H,9-12H2,1H3/t13-,14-/m0/s1. The molecule has 4 nitrogen and oxygen atoms in total. The van der Waals surface area contributed by atoms with Crippen LogP contribution in [-0.2, 0) is 0 Å². The molecule has 0 saturated carbocycles. The van der Waals surface area contributed by atoms with Crippen molar-refractivity contribution in [2.24, 2.45) is 5.92 Å². The third kappa shape index (κ3) is 2.92. The summed E-state index contributed by atoms with van der Waals surface area (Å²) in [5, 5.41) is 9.27. The third-order valence-electron chi connectivity index (χ3n) is 4.51. The number of nitrogens with one attached hydrogen (secondary N) is 1. The van der Waals surface area contributed by atoms with Crippen molar-refractivity contribution in [3.05, 3.63) is 48.2 Å². The van der Waals surface area contributed by atoms with Crippen molar-refractivity contribution in [1.29, 1.82) is 0 Å². The molecule has 4 heteroatoms. The van der Waals surface area contributed by atoms with E-state index in [1.54, 1.807) is 0 Å². The maximum Gasteiger partial charge on any atom is 0.270 e. The van der Waals surface area contributed by atoms with Crippen molar-refractivity contribution >= 4 is 5.91 Å². The fourth-order valence-electron chi connectivity index (χ4n) is 3.20. The molecule has 2 N–H and O–H groups in total. The number of rotatable bonds is 3. The van der Waals surface area contributed by atoms with E-state index >= 15 is 0 Å². The van der Waals surface area contributed by atoms with E-state index in [1.807, 2.05) is 47.4 Å². The molecule has 0 aliphatic carbocycles. The number of carbonyl (C=O) groups excluding carboxylic acids is 1. The molecule has 2 atom stereocenters. The summed E-state index contributed by atoms with van der Waals surface area (Å²) >= 11 is 0. The lowest BCUT2D eigenvalue weighted by atomic mass is 9.92. The molecule has 0 radical (unpaired) electrons. The molecular formula is C18H22N2O2. The van der Waals surface area contributed by atoms with E-state index < -0.39 is 0 Å². The molecule has 1 saturated heterocycles. The Labute approximate surface area is 130 Å². The van der Waals surface area contributed by atoms with Crippen LogP contribution in [0.25, 0.3) is 11.3 Å². The number of nitrogens with zero attached hydrogens (tertiary/aromatic N) is 1. The Morgan fingerprint density at radius 2 is 2.05 bits per heavy atom. The molecule has 1 aromatic carbocycles. The lowest BCUT2D eigenvalue weighted by molar-refractivity contribution is 0.0510. The van der Waals surface area contributed by atoms with Gasteiger partial charge in [0.05, 0.1) is 0 Å². The molecular weight excluding hydrogens is 276 g/mol. The van der Waals surface area contributed by atoms with Gasteiger partial charge >= 0.3 is 0 Å². The van der Waals surface area contributed by atoms with Crippen molar-refractivity contribution in [2.75, 3.05) is 13.2 Å². The van der Waals surface area contributed by atoms with Crippen LogP contribution in [0.2, 0.25) is 0 Å². The summed E-state index contributed by atoms with van der Waals surface area (Å²) < 4.78 is 0. The van der Waals surface area contributed by atoms with Crippen molar-refractivity contribution in [3.8, 4) is 11.3 Å². The van der Waals surface area contributed by atoms with Crippen molar-refractivity contribution in [2.45, 2.75) is 25.8 Å². The van der Waals surface area contributed by atoms with Crippen LogP contribution in [0, 0.1) is 5.92 Å². The summed E-state index contributed by atoms with van der Waals surface area (Å²) in [6.07, 6.45) is 1.74. The summed E-state index contributed by atoms with van der Waals surface area (Å²) in [5.41, 5.74) is 2.67. The first kappa shape index (κ1) is 14.9. The van der Waals surface area contributed by atoms with Crippen LogP contribution < -0.4 is 0 Å². The minimum atomic E-state index is 0.0473. The van der Waals surface area contributed by atoms with Gasteiger partial charge in [0.25, 0.3) is 5.91 Å². The summed E-state index contributed by atoms with van der Waals surface area (Å²) in [5.74, 6) is 0.369. The molecule has 1 amide bonds. The van der Waals surface area contributed by atoms with Gasteiger partial charge in [0.15, 0.2) is 0 Å². The second-order valence-electron chi connectivity index (χ2n) is 6.07. The first-order chi connectivity index (χ1) is 10.7. The Morgan fingerprint density at radius 1 is 1.27 bits per heavy atom. The number of amides is 1. The number of benzene rings is 1. The van der Waals surface area contributed by atoms with E-state index in [0.717, 1.165) is 24.1 Å². The van der Waals surface area contributed by atoms with Gasteiger partial charge in [0.1, 0.15) is 5.69 Å². The Kier molecular flexibility index (Phi) is 4.29. The molecule has 1 aliphatic heterocycles. The molecule has 0 spiro atoms. The largest absolute Gasteiger partial charge is 0.396 e. The van der Waals surface area contributed by atoms with Crippen molar-refractivity contribution in [1.82, 2.24) is 9.88 Å². The minimum Gasteiger partial charge on any atom is -0.396 e. The van der Waals surface area contributed by atoms with Crippen LogP contribution in [0.15, 0.2) is 42.5 Å². The molecule has 1 fully saturated rings. The molecule has 1 aromatic heterocycles. The highest BCUT2D eigenvalue weighted by Crippen LogP contribution is 2.25. The Bertz CT molecular complexity index is 636. The average molecular weight is 298 g/mol. The summed E-state index contributed by atoms with van der Waals surface area (Å²) in [6.45, 7) is 2.98. The smallest absolute Gasteiger partial charge is 0.270 e. The van der Waals surface area contributed by atoms with Gasteiger partial charge in [0, 0.05) is 24.9 Å². The fraction of sp³-hybridized carbons (Fsp3) is 0.389. The van der Waals surface area contributed by atoms with E-state index in [4.69, 9.17) is 0 Å². The SMILES string of the molecule is C[C@H]1C[C@@H](CO)CCN1C(=O)c1ccc(-c2ccccc2)[nH]1. The number of piperidine rings is 1. The molecule has 22 heavy (non-hydrogen) atoms. The minimum absolute atomic E-state index is 0.0473. The van der Waals surface area contributed by atoms with Gasteiger partial charge in [-0.25, -0.2) is 0 Å². The fourth-order valence-corrected chi connectivity index (χ4v) is 3.20. The zero-order valence-electron chi connectivity index (χ0n) is 12.8. The van der Waals surface area contributed by atoms with Crippen molar-refractivity contribution < 1.29 is 9.90 Å². The van der Waals surface area contributed by atoms with Gasteiger partial charge in [-0.15, -0.1) is 0 Å². The normalized spacial score (nSPS) is 21.8. The lowest BCUT2D eigenvalue weighted by Crippen LogP contribution is -2.45. The molecule has 2 heterocycles. The second-order valence-corrected chi connectivity index (χ2v) is 6.07. The molecule has 1 aliphatic rings. The average Bonchev–Trinajstić information content (AvgIpc) is 3.05. The zero-order valence-corrected chi connectivity index (χ0v) is 12.8. The van der Waals surface area contributed by atoms with Gasteiger partial charge in [-0.3, -0.25) is 4.79 Å². The van der Waals surface area contributed by atoms with Crippen LogP contribution in [-0.4, -0.2) is 40.1 Å². The monoisotopic (exact) mass is 298 g/mol. The number of aliphatic hydroxyl groups is 1. The van der Waals surface area contributed by atoms with Crippen LogP contribution in [0.4, 0.5) is 0 Å². The van der Waals surface area contributed by atoms with Gasteiger partial charge in [0.2, 0.25) is 0 Å². The quantitative estimate of drug-likeness (QED) is 0.915. The highest BCUT2D eigenvalue weighted by Gasteiger charge is 2.29. The predicted molar refractivity (Wildman–Crippen MR) is 86.5 cm³/mol. The molecule has 116 valence electrons. The predicted octanol–water partition coefficient (Wildman–Crippen LogP) is 2.91. The number of hydrogen-bond donors (Lipinski definition) is 2. The number of hydrogen-bond acceptors (Lipinski definition) is 2. The number of H-pyrrole nitrogens is 1. The van der Waals surface area contributed by atoms with Gasteiger partial charge < -0.3 is 15.0 Å². The number of aliphatic hydroxyl groups excluding tert-OH is 1. The molecule has 0 bridgehead atoms. The molecule has 2 aromatic rings. The Morgan fingerprint density at radius 3 is 2.73 bits per heavy atom.